The van der Waals surface area contributed by atoms with E-state index in [1.807, 2.05) is 13.0 Å². The van der Waals surface area contributed by atoms with Gasteiger partial charge in [-0.15, -0.1) is 0 Å². The minimum Gasteiger partial charge on any atom is -0.507 e. The first-order valence-corrected chi connectivity index (χ1v) is 12.8. The van der Waals surface area contributed by atoms with Crippen LogP contribution in [0.15, 0.2) is 36.7 Å². The first-order valence-electron chi connectivity index (χ1n) is 12.8. The van der Waals surface area contributed by atoms with Crippen molar-refractivity contribution in [3.05, 3.63) is 58.2 Å². The number of hydrogen-bond donors (Lipinski definition) is 4. The van der Waals surface area contributed by atoms with Crippen molar-refractivity contribution in [1.29, 1.82) is 0 Å². The molecule has 0 saturated carbocycles. The predicted molar refractivity (Wildman–Crippen MR) is 138 cm³/mol. The van der Waals surface area contributed by atoms with Gasteiger partial charge in [0, 0.05) is 59.7 Å². The minimum absolute atomic E-state index is 0.319. The molecule has 36 heavy (non-hydrogen) atoms. The smallest absolute Gasteiger partial charge is 0.416 e. The van der Waals surface area contributed by atoms with E-state index in [2.05, 4.69) is 36.4 Å². The van der Waals surface area contributed by atoms with E-state index in [9.17, 15) is 18.3 Å². The summed E-state index contributed by atoms with van der Waals surface area (Å²) in [5, 5.41) is 27.1. The van der Waals surface area contributed by atoms with Crippen LogP contribution >= 0.6 is 0 Å². The lowest BCUT2D eigenvalue weighted by atomic mass is 9.98. The van der Waals surface area contributed by atoms with E-state index in [4.69, 9.17) is 5.11 Å². The molecule has 1 aromatic carbocycles. The SMILES string of the molecule is CCCCC(CC(C)C)NC1=c2cnccc2=C(c2ccc(C(F)(F)F)cc2O)NCC1.CCCO. The number of alkyl halides is 3. The first kappa shape index (κ1) is 29.5. The monoisotopic (exact) mass is 507 g/mol. The van der Waals surface area contributed by atoms with Crippen LogP contribution in [0.1, 0.15) is 77.3 Å². The van der Waals surface area contributed by atoms with E-state index in [0.29, 0.717) is 36.4 Å². The van der Waals surface area contributed by atoms with E-state index < -0.39 is 17.5 Å². The Hall–Kier alpha value is -2.74. The van der Waals surface area contributed by atoms with Crippen molar-refractivity contribution in [2.24, 2.45) is 5.92 Å². The van der Waals surface area contributed by atoms with Gasteiger partial charge in [-0.2, -0.15) is 13.2 Å². The third-order valence-corrected chi connectivity index (χ3v) is 5.95. The molecule has 8 heteroatoms. The maximum absolute atomic E-state index is 13.0. The lowest BCUT2D eigenvalue weighted by Gasteiger charge is -2.23. The number of aromatic nitrogens is 1. The van der Waals surface area contributed by atoms with Gasteiger partial charge in [0.2, 0.25) is 0 Å². The zero-order valence-corrected chi connectivity index (χ0v) is 21.8. The van der Waals surface area contributed by atoms with E-state index in [0.717, 1.165) is 66.8 Å². The average molecular weight is 508 g/mol. The highest BCUT2D eigenvalue weighted by atomic mass is 19.4. The summed E-state index contributed by atoms with van der Waals surface area (Å²) in [6, 6.07) is 5.29. The highest BCUT2D eigenvalue weighted by Crippen LogP contribution is 2.34. The summed E-state index contributed by atoms with van der Waals surface area (Å²) < 4.78 is 39.1. The Morgan fingerprint density at radius 2 is 1.83 bits per heavy atom. The molecule has 4 N–H and O–H groups in total. The molecule has 5 nitrogen and oxygen atoms in total. The molecule has 0 saturated heterocycles. The van der Waals surface area contributed by atoms with Gasteiger partial charge in [0.05, 0.1) is 11.3 Å². The molecule has 0 spiro atoms. The number of aliphatic hydroxyl groups excluding tert-OH is 1. The summed E-state index contributed by atoms with van der Waals surface area (Å²) in [4.78, 5) is 4.30. The summed E-state index contributed by atoms with van der Waals surface area (Å²) in [6.45, 7) is 9.46. The summed E-state index contributed by atoms with van der Waals surface area (Å²) >= 11 is 0. The molecule has 1 aromatic heterocycles. The molecule has 1 aliphatic heterocycles. The van der Waals surface area contributed by atoms with Gasteiger partial charge in [-0.1, -0.05) is 40.5 Å². The van der Waals surface area contributed by atoms with Crippen molar-refractivity contribution in [3.63, 3.8) is 0 Å². The minimum atomic E-state index is -4.51. The molecular weight excluding hydrogens is 467 g/mol. The summed E-state index contributed by atoms with van der Waals surface area (Å²) in [6.07, 6.45) is 4.97. The number of nitrogens with zero attached hydrogens (tertiary/aromatic N) is 1. The molecule has 0 radical (unpaired) electrons. The highest BCUT2D eigenvalue weighted by Gasteiger charge is 2.31. The molecule has 0 aliphatic carbocycles. The Morgan fingerprint density at radius 3 is 2.42 bits per heavy atom. The van der Waals surface area contributed by atoms with Crippen LogP contribution in [0.2, 0.25) is 0 Å². The number of halogens is 3. The van der Waals surface area contributed by atoms with Crippen LogP contribution in [0.3, 0.4) is 0 Å². The van der Waals surface area contributed by atoms with Crippen LogP contribution in [-0.4, -0.2) is 34.4 Å². The van der Waals surface area contributed by atoms with Crippen molar-refractivity contribution < 1.29 is 23.4 Å². The summed E-state index contributed by atoms with van der Waals surface area (Å²) in [7, 11) is 0. The van der Waals surface area contributed by atoms with Gasteiger partial charge in [0.1, 0.15) is 5.75 Å². The fraction of sp³-hybridized carbons (Fsp3) is 0.536. The number of benzene rings is 1. The van der Waals surface area contributed by atoms with Crippen LogP contribution < -0.4 is 21.1 Å². The molecule has 0 fully saturated rings. The fourth-order valence-electron chi connectivity index (χ4n) is 4.22. The quantitative estimate of drug-likeness (QED) is 0.398. The number of fused-ring (bicyclic) bond motifs is 1. The van der Waals surface area contributed by atoms with Gasteiger partial charge in [0.15, 0.2) is 0 Å². The summed E-state index contributed by atoms with van der Waals surface area (Å²) in [5.74, 6) is 0.163. The molecule has 1 aliphatic rings. The highest BCUT2D eigenvalue weighted by molar-refractivity contribution is 5.70. The molecule has 1 unspecified atom stereocenters. The average Bonchev–Trinajstić information content (AvgIpc) is 3.01. The number of nitrogens with one attached hydrogen (secondary N) is 2. The van der Waals surface area contributed by atoms with Crippen molar-refractivity contribution in [2.45, 2.75) is 78.4 Å². The van der Waals surface area contributed by atoms with Crippen molar-refractivity contribution in [2.75, 3.05) is 13.2 Å². The molecule has 0 bridgehead atoms. The lowest BCUT2D eigenvalue weighted by Crippen LogP contribution is -2.38. The molecule has 2 aromatic rings. The second-order valence-corrected chi connectivity index (χ2v) is 9.52. The molecule has 1 atom stereocenters. The number of unbranched alkanes of at least 4 members (excludes halogenated alkanes) is 1. The van der Waals surface area contributed by atoms with E-state index in [1.54, 1.807) is 12.4 Å². The van der Waals surface area contributed by atoms with E-state index in [1.165, 1.54) is 6.07 Å². The zero-order valence-electron chi connectivity index (χ0n) is 21.8. The number of phenolic OH excluding ortho intramolecular Hbond substituents is 1. The second kappa shape index (κ2) is 14.1. The Labute approximate surface area is 212 Å². The number of phenols is 1. The third-order valence-electron chi connectivity index (χ3n) is 5.95. The van der Waals surface area contributed by atoms with Gasteiger partial charge < -0.3 is 20.8 Å². The largest absolute Gasteiger partial charge is 0.507 e. The van der Waals surface area contributed by atoms with Crippen LogP contribution in [-0.2, 0) is 6.18 Å². The molecule has 2 heterocycles. The molecule has 0 amide bonds. The van der Waals surface area contributed by atoms with Gasteiger partial charge in [-0.05, 0) is 49.4 Å². The van der Waals surface area contributed by atoms with E-state index >= 15 is 0 Å². The van der Waals surface area contributed by atoms with Crippen LogP contribution in [0.4, 0.5) is 13.2 Å². The number of aliphatic hydroxyl groups is 1. The second-order valence-electron chi connectivity index (χ2n) is 9.52. The Balaban J connectivity index is 0.00000106. The van der Waals surface area contributed by atoms with Crippen molar-refractivity contribution in [3.8, 4) is 5.75 Å². The van der Waals surface area contributed by atoms with Gasteiger partial charge in [-0.25, -0.2) is 0 Å². The summed E-state index contributed by atoms with van der Waals surface area (Å²) in [5.41, 5.74) is 1.16. The predicted octanol–water partition coefficient (Wildman–Crippen LogP) is 4.65. The standard InChI is InChI=1S/C25H32F3N3O.C3H8O/c1-4-5-6-18(13-16(2)3)31-22-10-12-30-24(19-9-11-29-15-21(19)22)20-8-7-17(14-23(20)32)25(26,27)28;1-2-3-4/h7-9,11,14-16,18,30-32H,4-6,10,12-13H2,1-3H3;4H,2-3H2,1H3. The molecule has 200 valence electrons. The van der Waals surface area contributed by atoms with Crippen molar-refractivity contribution >= 4 is 11.4 Å². The number of pyridine rings is 1. The van der Waals surface area contributed by atoms with Gasteiger partial charge in [-0.3, -0.25) is 4.98 Å². The molecule has 3 rings (SSSR count). The number of aromatic hydroxyl groups is 1. The normalized spacial score (nSPS) is 14.4. The lowest BCUT2D eigenvalue weighted by molar-refractivity contribution is -0.137. The fourth-order valence-corrected chi connectivity index (χ4v) is 4.22. The number of rotatable bonds is 9. The van der Waals surface area contributed by atoms with Crippen molar-refractivity contribution in [1.82, 2.24) is 15.6 Å². The third kappa shape index (κ3) is 8.43. The maximum Gasteiger partial charge on any atom is 0.416 e. The topological polar surface area (TPSA) is 77.4 Å². The van der Waals surface area contributed by atoms with E-state index in [-0.39, 0.29) is 0 Å². The Kier molecular flexibility index (Phi) is 11.6. The number of hydrogen-bond acceptors (Lipinski definition) is 5. The van der Waals surface area contributed by atoms with Crippen LogP contribution in [0.25, 0.3) is 11.4 Å². The molecular formula is C28H40F3N3O2. The van der Waals surface area contributed by atoms with Crippen LogP contribution in [0.5, 0.6) is 5.75 Å². The van der Waals surface area contributed by atoms with Crippen LogP contribution in [0, 0.1) is 5.92 Å². The Bertz CT molecular complexity index is 1080. The maximum atomic E-state index is 13.0. The zero-order chi connectivity index (χ0) is 26.7. The first-order chi connectivity index (χ1) is 17.1. The van der Waals surface area contributed by atoms with Gasteiger partial charge >= 0.3 is 6.18 Å². The van der Waals surface area contributed by atoms with Gasteiger partial charge in [0.25, 0.3) is 0 Å². The Morgan fingerprint density at radius 1 is 1.11 bits per heavy atom.